The van der Waals surface area contributed by atoms with E-state index < -0.39 is 0 Å². The number of likely N-dealkylation sites (tertiary alicyclic amines) is 1. The summed E-state index contributed by atoms with van der Waals surface area (Å²) in [4.78, 5) is 15.1. The van der Waals surface area contributed by atoms with E-state index in [0.29, 0.717) is 17.2 Å². The summed E-state index contributed by atoms with van der Waals surface area (Å²) in [6, 6.07) is 0. The SMILES string of the molecule is O=C(C1CCC2CCCCC2C1)N1CCC2(CCNC2)C1. The fourth-order valence-electron chi connectivity index (χ4n) is 5.62. The van der Waals surface area contributed by atoms with E-state index in [2.05, 4.69) is 10.2 Å². The summed E-state index contributed by atoms with van der Waals surface area (Å²) < 4.78 is 0. The van der Waals surface area contributed by atoms with Gasteiger partial charge in [0, 0.05) is 31.0 Å². The Morgan fingerprint density at radius 2 is 1.90 bits per heavy atom. The number of amides is 1. The number of nitrogens with zero attached hydrogens (tertiary/aromatic N) is 1. The molecular weight excluding hydrogens is 260 g/mol. The average molecular weight is 290 g/mol. The molecule has 4 fully saturated rings. The minimum Gasteiger partial charge on any atom is -0.342 e. The van der Waals surface area contributed by atoms with Crippen molar-refractivity contribution in [2.75, 3.05) is 26.2 Å². The van der Waals surface area contributed by atoms with E-state index >= 15 is 0 Å². The highest BCUT2D eigenvalue weighted by Gasteiger charge is 2.44. The van der Waals surface area contributed by atoms with Crippen LogP contribution in [0, 0.1) is 23.2 Å². The third-order valence-corrected chi connectivity index (χ3v) is 6.97. The summed E-state index contributed by atoms with van der Waals surface area (Å²) in [7, 11) is 0. The van der Waals surface area contributed by atoms with Crippen molar-refractivity contribution in [2.45, 2.75) is 57.8 Å². The fourth-order valence-corrected chi connectivity index (χ4v) is 5.62. The molecule has 1 N–H and O–H groups in total. The zero-order valence-corrected chi connectivity index (χ0v) is 13.3. The molecule has 2 heterocycles. The van der Waals surface area contributed by atoms with E-state index in [4.69, 9.17) is 0 Å². The maximum Gasteiger partial charge on any atom is 0.225 e. The summed E-state index contributed by atoms with van der Waals surface area (Å²) in [5.41, 5.74) is 0.428. The van der Waals surface area contributed by atoms with Crippen LogP contribution in [0.3, 0.4) is 0 Å². The summed E-state index contributed by atoms with van der Waals surface area (Å²) in [6.07, 6.45) is 11.8. The first-order valence-corrected chi connectivity index (χ1v) is 9.25. The molecule has 1 spiro atoms. The van der Waals surface area contributed by atoms with Crippen molar-refractivity contribution >= 4 is 5.91 Å². The van der Waals surface area contributed by atoms with E-state index in [-0.39, 0.29) is 0 Å². The molecule has 1 amide bonds. The maximum atomic E-state index is 12.9. The molecule has 4 atom stereocenters. The smallest absolute Gasteiger partial charge is 0.225 e. The zero-order valence-electron chi connectivity index (χ0n) is 13.3. The molecule has 0 aromatic heterocycles. The van der Waals surface area contributed by atoms with Gasteiger partial charge in [0.2, 0.25) is 5.91 Å². The van der Waals surface area contributed by atoms with Gasteiger partial charge in [-0.1, -0.05) is 25.7 Å². The van der Waals surface area contributed by atoms with Gasteiger partial charge in [-0.3, -0.25) is 4.79 Å². The third-order valence-electron chi connectivity index (χ3n) is 6.97. The number of carbonyl (C=O) groups excluding carboxylic acids is 1. The highest BCUT2D eigenvalue weighted by molar-refractivity contribution is 5.79. The van der Waals surface area contributed by atoms with Crippen LogP contribution in [0.1, 0.15) is 57.8 Å². The molecule has 0 radical (unpaired) electrons. The van der Waals surface area contributed by atoms with Gasteiger partial charge in [-0.2, -0.15) is 0 Å². The molecule has 4 unspecified atom stereocenters. The molecule has 21 heavy (non-hydrogen) atoms. The van der Waals surface area contributed by atoms with Crippen molar-refractivity contribution < 1.29 is 4.79 Å². The summed E-state index contributed by atoms with van der Waals surface area (Å²) in [5.74, 6) is 2.68. The van der Waals surface area contributed by atoms with Crippen molar-refractivity contribution in [3.8, 4) is 0 Å². The molecular formula is C18H30N2O. The number of hydrogen-bond acceptors (Lipinski definition) is 2. The van der Waals surface area contributed by atoms with Gasteiger partial charge in [0.15, 0.2) is 0 Å². The average Bonchev–Trinajstić information content (AvgIpc) is 3.17. The van der Waals surface area contributed by atoms with Crippen LogP contribution in [-0.4, -0.2) is 37.0 Å². The quantitative estimate of drug-likeness (QED) is 0.805. The second-order valence-corrected chi connectivity index (χ2v) is 8.25. The summed E-state index contributed by atoms with van der Waals surface area (Å²) in [5, 5.41) is 3.49. The van der Waals surface area contributed by atoms with Gasteiger partial charge in [0.05, 0.1) is 0 Å². The lowest BCUT2D eigenvalue weighted by molar-refractivity contribution is -0.137. The number of nitrogens with one attached hydrogen (secondary N) is 1. The van der Waals surface area contributed by atoms with Crippen LogP contribution in [0.25, 0.3) is 0 Å². The molecule has 3 nitrogen and oxygen atoms in total. The maximum absolute atomic E-state index is 12.9. The summed E-state index contributed by atoms with van der Waals surface area (Å²) in [6.45, 7) is 4.33. The number of fused-ring (bicyclic) bond motifs is 1. The van der Waals surface area contributed by atoms with Crippen LogP contribution in [0.15, 0.2) is 0 Å². The number of carbonyl (C=O) groups is 1. The van der Waals surface area contributed by atoms with Gasteiger partial charge in [-0.05, 0) is 50.5 Å². The molecule has 2 aliphatic carbocycles. The third kappa shape index (κ3) is 2.62. The van der Waals surface area contributed by atoms with Gasteiger partial charge >= 0.3 is 0 Å². The Balaban J connectivity index is 1.37. The van der Waals surface area contributed by atoms with E-state index in [1.54, 1.807) is 0 Å². The molecule has 0 bridgehead atoms. The lowest BCUT2D eigenvalue weighted by Crippen LogP contribution is -2.40. The molecule has 4 aliphatic rings. The molecule has 0 aromatic rings. The van der Waals surface area contributed by atoms with Crippen molar-refractivity contribution in [3.05, 3.63) is 0 Å². The fraction of sp³-hybridized carbons (Fsp3) is 0.944. The predicted octanol–water partition coefficient (Wildman–Crippen LogP) is 2.80. The van der Waals surface area contributed by atoms with Gasteiger partial charge in [-0.25, -0.2) is 0 Å². The van der Waals surface area contributed by atoms with Crippen LogP contribution >= 0.6 is 0 Å². The van der Waals surface area contributed by atoms with E-state index in [1.165, 1.54) is 57.8 Å². The molecule has 0 aromatic carbocycles. The zero-order chi connectivity index (χ0) is 14.3. The van der Waals surface area contributed by atoms with Crippen LogP contribution in [0.2, 0.25) is 0 Å². The largest absolute Gasteiger partial charge is 0.342 e. The van der Waals surface area contributed by atoms with Gasteiger partial charge in [-0.15, -0.1) is 0 Å². The Bertz CT molecular complexity index is 402. The Morgan fingerprint density at radius 1 is 1.05 bits per heavy atom. The minimum atomic E-state index is 0.355. The van der Waals surface area contributed by atoms with Crippen molar-refractivity contribution in [3.63, 3.8) is 0 Å². The molecule has 118 valence electrons. The van der Waals surface area contributed by atoms with Gasteiger partial charge in [0.25, 0.3) is 0 Å². The molecule has 2 aliphatic heterocycles. The first-order valence-electron chi connectivity index (χ1n) is 9.25. The second-order valence-electron chi connectivity index (χ2n) is 8.25. The topological polar surface area (TPSA) is 32.3 Å². The van der Waals surface area contributed by atoms with E-state index in [0.717, 1.165) is 38.0 Å². The Hall–Kier alpha value is -0.570. The molecule has 2 saturated carbocycles. The lowest BCUT2D eigenvalue weighted by Gasteiger charge is -2.39. The summed E-state index contributed by atoms with van der Waals surface area (Å²) >= 11 is 0. The van der Waals surface area contributed by atoms with E-state index in [1.807, 2.05) is 0 Å². The molecule has 2 saturated heterocycles. The first-order chi connectivity index (χ1) is 10.3. The van der Waals surface area contributed by atoms with Crippen LogP contribution in [-0.2, 0) is 4.79 Å². The van der Waals surface area contributed by atoms with Gasteiger partial charge in [0.1, 0.15) is 0 Å². The number of rotatable bonds is 1. The lowest BCUT2D eigenvalue weighted by atomic mass is 9.67. The Kier molecular flexibility index (Phi) is 3.72. The standard InChI is InChI=1S/C18H30N2O/c21-17(20-10-8-18(13-20)7-9-19-12-18)16-6-5-14-3-1-2-4-15(14)11-16/h14-16,19H,1-13H2. The first kappa shape index (κ1) is 14.0. The van der Waals surface area contributed by atoms with Crippen LogP contribution in [0.5, 0.6) is 0 Å². The van der Waals surface area contributed by atoms with E-state index in [9.17, 15) is 4.79 Å². The van der Waals surface area contributed by atoms with Crippen molar-refractivity contribution in [1.82, 2.24) is 10.2 Å². The number of hydrogen-bond donors (Lipinski definition) is 1. The highest BCUT2D eigenvalue weighted by Crippen LogP contribution is 2.44. The van der Waals surface area contributed by atoms with Crippen molar-refractivity contribution in [1.29, 1.82) is 0 Å². The van der Waals surface area contributed by atoms with Crippen LogP contribution < -0.4 is 5.32 Å². The Labute approximate surface area is 128 Å². The monoisotopic (exact) mass is 290 g/mol. The predicted molar refractivity (Wildman–Crippen MR) is 83.9 cm³/mol. The minimum absolute atomic E-state index is 0.355. The second kappa shape index (κ2) is 5.57. The molecule has 4 rings (SSSR count). The highest BCUT2D eigenvalue weighted by atomic mass is 16.2. The van der Waals surface area contributed by atoms with Crippen LogP contribution in [0.4, 0.5) is 0 Å². The molecule has 3 heteroatoms. The van der Waals surface area contributed by atoms with Crippen molar-refractivity contribution in [2.24, 2.45) is 23.2 Å². The Morgan fingerprint density at radius 3 is 2.71 bits per heavy atom. The van der Waals surface area contributed by atoms with Gasteiger partial charge < -0.3 is 10.2 Å². The normalized spacial score (nSPS) is 43.2.